The highest BCUT2D eigenvalue weighted by molar-refractivity contribution is 5.99. The van der Waals surface area contributed by atoms with Crippen molar-refractivity contribution in [2.75, 3.05) is 26.2 Å². The largest absolute Gasteiger partial charge is 0.508 e. The van der Waals surface area contributed by atoms with Crippen molar-refractivity contribution in [2.24, 2.45) is 50.5 Å². The summed E-state index contributed by atoms with van der Waals surface area (Å²) in [5, 5.41) is 31.1. The molecule has 0 radical (unpaired) electrons. The second-order valence-corrected chi connectivity index (χ2v) is 21.7. The van der Waals surface area contributed by atoms with Crippen LogP contribution in [-0.4, -0.2) is 178 Å². The lowest BCUT2D eigenvalue weighted by Gasteiger charge is -2.33. The van der Waals surface area contributed by atoms with Crippen molar-refractivity contribution in [1.82, 2.24) is 52.3 Å². The van der Waals surface area contributed by atoms with E-state index in [4.69, 9.17) is 28.7 Å². The zero-order valence-corrected chi connectivity index (χ0v) is 49.0. The summed E-state index contributed by atoms with van der Waals surface area (Å²) in [6.07, 6.45) is 2.25. The second kappa shape index (κ2) is 33.6. The van der Waals surface area contributed by atoms with E-state index in [1.807, 2.05) is 13.8 Å². The molecule has 0 aromatic heterocycles. The van der Waals surface area contributed by atoms with Gasteiger partial charge >= 0.3 is 0 Å². The molecule has 0 bridgehead atoms. The monoisotopic (exact) mass is 1170 g/mol. The maximum atomic E-state index is 14.6. The molecule has 29 heteroatoms. The topological polar surface area (TPSA) is 466 Å². The number of benzene rings is 1. The summed E-state index contributed by atoms with van der Waals surface area (Å²) < 4.78 is 0. The van der Waals surface area contributed by atoms with Gasteiger partial charge in [0.05, 0.1) is 0 Å². The van der Waals surface area contributed by atoms with Gasteiger partial charge in [-0.15, -0.1) is 0 Å². The molecule has 11 amide bonds. The maximum absolute atomic E-state index is 14.6. The van der Waals surface area contributed by atoms with Crippen molar-refractivity contribution in [3.8, 4) is 5.75 Å². The Labute approximate surface area is 484 Å². The Kier molecular flexibility index (Phi) is 27.9. The zero-order chi connectivity index (χ0) is 62.2. The van der Waals surface area contributed by atoms with Crippen LogP contribution in [0.4, 0.5) is 0 Å². The van der Waals surface area contributed by atoms with E-state index in [1.165, 1.54) is 49.6 Å². The molecule has 0 unspecified atom stereocenters. The van der Waals surface area contributed by atoms with Gasteiger partial charge in [0, 0.05) is 39.5 Å². The number of phenolic OH excluding ortho intramolecular Hbond substituents is 1. The van der Waals surface area contributed by atoms with Gasteiger partial charge in [0.15, 0.2) is 11.9 Å². The lowest BCUT2D eigenvalue weighted by Crippen LogP contribution is -2.60. The number of amides is 11. The molecule has 11 atom stereocenters. The summed E-state index contributed by atoms with van der Waals surface area (Å²) in [5.74, 6) is -8.45. The van der Waals surface area contributed by atoms with Crippen LogP contribution >= 0.6 is 0 Å². The molecular weight excluding hydrogens is 1080 g/mol. The first-order valence-electron chi connectivity index (χ1n) is 28.2. The minimum atomic E-state index is -1.30. The Morgan fingerprint density at radius 3 is 1.51 bits per heavy atom. The fourth-order valence-electron chi connectivity index (χ4n) is 9.52. The summed E-state index contributed by atoms with van der Waals surface area (Å²) in [6, 6.07) is -5.63. The maximum Gasteiger partial charge on any atom is 0.245 e. The summed E-state index contributed by atoms with van der Waals surface area (Å²) in [7, 11) is 0. The predicted octanol–water partition coefficient (Wildman–Crippen LogP) is -3.44. The van der Waals surface area contributed by atoms with E-state index in [9.17, 15) is 57.8 Å². The highest BCUT2D eigenvalue weighted by Gasteiger charge is 2.43. The lowest BCUT2D eigenvalue weighted by atomic mass is 9.96. The van der Waals surface area contributed by atoms with Crippen molar-refractivity contribution in [2.45, 2.75) is 186 Å². The minimum Gasteiger partial charge on any atom is -0.508 e. The summed E-state index contributed by atoms with van der Waals surface area (Å²) >= 11 is 0. The Balaban J connectivity index is 1.83. The fourth-order valence-corrected chi connectivity index (χ4v) is 9.52. The van der Waals surface area contributed by atoms with E-state index in [-0.39, 0.29) is 101 Å². The van der Waals surface area contributed by atoms with Gasteiger partial charge in [0.1, 0.15) is 66.2 Å². The summed E-state index contributed by atoms with van der Waals surface area (Å²) in [4.78, 5) is 160. The van der Waals surface area contributed by atoms with Gasteiger partial charge in [0.25, 0.3) is 0 Å². The molecule has 2 heterocycles. The molecule has 0 saturated carbocycles. The number of rotatable bonds is 32. The number of carbonyl (C=O) groups excluding carboxylic acids is 11. The molecule has 2 aliphatic heterocycles. The molecular formula is C54H89N17O12. The van der Waals surface area contributed by atoms with Gasteiger partial charge in [-0.3, -0.25) is 62.7 Å². The number of hydrogen-bond donors (Lipinski definition) is 14. The Morgan fingerprint density at radius 2 is 1.02 bits per heavy atom. The van der Waals surface area contributed by atoms with Crippen LogP contribution in [0.3, 0.4) is 0 Å². The third-order valence-corrected chi connectivity index (χ3v) is 14.3. The van der Waals surface area contributed by atoms with Crippen LogP contribution in [0, 0.1) is 11.8 Å². The SMILES string of the molecule is CC[C@H](C)[C@H](NC(=O)[C@H](Cc1ccc(O)cc1)NC(=O)[C@H](C)NC(C)=O)C(=O)N[C@@H](C)C(=O)N[C@@H](CCCN=C(N)N)C(=O)N1CCC[C@H]1C(=O)N[C@@H](CC(C)C)C(=O)N1CCC[C@H]1C(=O)N[C@@H](CCCN=C(N)N)C(=O)N[C@@H](C)C(N)=O. The van der Waals surface area contributed by atoms with Crippen LogP contribution in [0.2, 0.25) is 0 Å². The van der Waals surface area contributed by atoms with Crippen molar-refractivity contribution >= 4 is 76.9 Å². The number of carbonyl (C=O) groups is 11. The van der Waals surface area contributed by atoms with Crippen LogP contribution in [-0.2, 0) is 59.2 Å². The van der Waals surface area contributed by atoms with Crippen LogP contribution < -0.4 is 71.2 Å². The van der Waals surface area contributed by atoms with E-state index >= 15 is 0 Å². The summed E-state index contributed by atoms with van der Waals surface area (Å²) in [5.41, 5.74) is 27.9. The molecule has 0 spiro atoms. The highest BCUT2D eigenvalue weighted by Crippen LogP contribution is 2.24. The standard InChI is InChI=1S/C54H89N17O12/c1-9-29(4)42(69-47(78)38(27-34-18-20-35(73)21-19-34)67-44(75)31(6)62-33(8)72)50(81)64-32(7)45(76)66-37(15-11-23-61-54(58)59)51(82)70-24-12-17-41(70)49(80)68-39(26-28(2)3)52(83)71-25-13-16-40(71)48(79)65-36(14-10-22-60-53(56)57)46(77)63-30(5)43(55)74/h18-21,28-32,36-42,73H,9-17,22-27H2,1-8H3,(H2,55,74)(H,62,72)(H,63,77)(H,64,81)(H,65,79)(H,66,76)(H,67,75)(H,68,80)(H,69,78)(H4,56,57,60)(H4,58,59,61)/t29-,30-,31-,32-,36-,37-,38-,39-,40-,41-,42-/m0/s1. The van der Waals surface area contributed by atoms with Gasteiger partial charge in [0.2, 0.25) is 65.0 Å². The molecule has 1 aromatic carbocycles. The van der Waals surface area contributed by atoms with Gasteiger partial charge < -0.3 is 86.1 Å². The lowest BCUT2D eigenvalue weighted by molar-refractivity contribution is -0.145. The second-order valence-electron chi connectivity index (χ2n) is 21.7. The molecule has 2 saturated heterocycles. The Bertz CT molecular complexity index is 2500. The average molecular weight is 1170 g/mol. The number of nitrogens with one attached hydrogen (secondary N) is 8. The van der Waals surface area contributed by atoms with E-state index in [0.29, 0.717) is 24.8 Å². The first kappa shape index (κ1) is 69.0. The molecule has 29 nitrogen and oxygen atoms in total. The number of nitrogens with zero attached hydrogens (tertiary/aromatic N) is 4. The fraction of sp³-hybridized carbons (Fsp3) is 0.648. The number of aliphatic imine (C=N–C) groups is 2. The number of primary amides is 1. The zero-order valence-electron chi connectivity index (χ0n) is 49.0. The predicted molar refractivity (Wildman–Crippen MR) is 307 cm³/mol. The normalized spacial score (nSPS) is 18.0. The molecule has 1 aromatic rings. The smallest absolute Gasteiger partial charge is 0.245 e. The molecule has 462 valence electrons. The first-order valence-corrected chi connectivity index (χ1v) is 28.2. The Hall–Kier alpha value is -8.27. The van der Waals surface area contributed by atoms with E-state index in [1.54, 1.807) is 26.0 Å². The molecule has 0 aliphatic carbocycles. The molecule has 3 rings (SSSR count). The number of nitrogens with two attached hydrogens (primary N) is 5. The first-order chi connectivity index (χ1) is 39.0. The molecule has 83 heavy (non-hydrogen) atoms. The minimum absolute atomic E-state index is 0.0110. The summed E-state index contributed by atoms with van der Waals surface area (Å²) in [6.45, 7) is 13.1. The van der Waals surface area contributed by atoms with Crippen LogP contribution in [0.25, 0.3) is 0 Å². The van der Waals surface area contributed by atoms with Gasteiger partial charge in [-0.05, 0) is 108 Å². The molecule has 19 N–H and O–H groups in total. The number of aromatic hydroxyl groups is 1. The number of hydrogen-bond acceptors (Lipinski definition) is 14. The quantitative estimate of drug-likeness (QED) is 0.0190. The molecule has 2 aliphatic rings. The van der Waals surface area contributed by atoms with Crippen molar-refractivity contribution < 1.29 is 57.8 Å². The Morgan fingerprint density at radius 1 is 0.566 bits per heavy atom. The van der Waals surface area contributed by atoms with E-state index < -0.39 is 131 Å². The number of guanidine groups is 2. The van der Waals surface area contributed by atoms with Crippen molar-refractivity contribution in [1.29, 1.82) is 0 Å². The van der Waals surface area contributed by atoms with Crippen molar-refractivity contribution in [3.05, 3.63) is 29.8 Å². The van der Waals surface area contributed by atoms with Crippen LogP contribution in [0.15, 0.2) is 34.3 Å². The number of likely N-dealkylation sites (tertiary alicyclic amines) is 2. The third-order valence-electron chi connectivity index (χ3n) is 14.3. The molecule has 2 fully saturated rings. The average Bonchev–Trinajstić information content (AvgIpc) is 4.33. The van der Waals surface area contributed by atoms with E-state index in [2.05, 4.69) is 52.5 Å². The number of phenols is 1. The highest BCUT2D eigenvalue weighted by atomic mass is 16.3. The van der Waals surface area contributed by atoms with Gasteiger partial charge in [-0.2, -0.15) is 0 Å². The van der Waals surface area contributed by atoms with Crippen LogP contribution in [0.1, 0.15) is 125 Å². The van der Waals surface area contributed by atoms with Gasteiger partial charge in [-0.1, -0.05) is 46.2 Å². The third kappa shape index (κ3) is 22.5. The van der Waals surface area contributed by atoms with Crippen LogP contribution in [0.5, 0.6) is 5.75 Å². The van der Waals surface area contributed by atoms with Gasteiger partial charge in [-0.25, -0.2) is 0 Å². The van der Waals surface area contributed by atoms with E-state index in [0.717, 1.165) is 0 Å². The van der Waals surface area contributed by atoms with Crippen molar-refractivity contribution in [3.63, 3.8) is 0 Å².